The number of ether oxygens (including phenoxy) is 1. The van der Waals surface area contributed by atoms with E-state index in [1.165, 1.54) is 0 Å². The molecule has 3 heteroatoms. The summed E-state index contributed by atoms with van der Waals surface area (Å²) in [6, 6.07) is 15.2. The summed E-state index contributed by atoms with van der Waals surface area (Å²) in [5, 5.41) is 2.98. The standard InChI is InChI=1S/C19H23NO2/c1-4-15-8-5-6-11-18(15)20-19(21)16-9-7-10-17(12-16)22-13-14(2)3/h5-12,14H,4,13H2,1-3H3,(H,20,21). The Morgan fingerprint density at radius 1 is 1.14 bits per heavy atom. The number of aryl methyl sites for hydroxylation is 1. The van der Waals surface area contributed by atoms with Gasteiger partial charge in [0.25, 0.3) is 5.91 Å². The Labute approximate surface area is 132 Å². The number of carbonyl (C=O) groups excluding carboxylic acids is 1. The number of hydrogen-bond acceptors (Lipinski definition) is 2. The summed E-state index contributed by atoms with van der Waals surface area (Å²) in [6.45, 7) is 6.91. The number of hydrogen-bond donors (Lipinski definition) is 1. The van der Waals surface area contributed by atoms with Crippen LogP contribution in [0.25, 0.3) is 0 Å². The van der Waals surface area contributed by atoms with Crippen LogP contribution in [0, 0.1) is 5.92 Å². The first-order valence-electron chi connectivity index (χ1n) is 7.72. The molecule has 0 heterocycles. The minimum absolute atomic E-state index is 0.115. The normalized spacial score (nSPS) is 10.5. The summed E-state index contributed by atoms with van der Waals surface area (Å²) in [4.78, 5) is 12.4. The maximum atomic E-state index is 12.4. The van der Waals surface area contributed by atoms with Crippen molar-refractivity contribution in [2.75, 3.05) is 11.9 Å². The highest BCUT2D eigenvalue weighted by Gasteiger charge is 2.09. The van der Waals surface area contributed by atoms with E-state index in [9.17, 15) is 4.79 Å². The quantitative estimate of drug-likeness (QED) is 0.850. The zero-order valence-electron chi connectivity index (χ0n) is 13.4. The topological polar surface area (TPSA) is 38.3 Å². The van der Waals surface area contributed by atoms with Crippen LogP contribution in [0.1, 0.15) is 36.7 Å². The predicted octanol–water partition coefficient (Wildman–Crippen LogP) is 4.54. The van der Waals surface area contributed by atoms with E-state index < -0.39 is 0 Å². The van der Waals surface area contributed by atoms with Crippen molar-refractivity contribution in [1.82, 2.24) is 0 Å². The Kier molecular flexibility index (Phi) is 5.59. The molecular formula is C19H23NO2. The van der Waals surface area contributed by atoms with Gasteiger partial charge in [0.1, 0.15) is 5.75 Å². The van der Waals surface area contributed by atoms with E-state index >= 15 is 0 Å². The van der Waals surface area contributed by atoms with Crippen molar-refractivity contribution < 1.29 is 9.53 Å². The molecule has 0 bridgehead atoms. The Hall–Kier alpha value is -2.29. The van der Waals surface area contributed by atoms with Crippen molar-refractivity contribution in [1.29, 1.82) is 0 Å². The minimum atomic E-state index is -0.115. The lowest BCUT2D eigenvalue weighted by molar-refractivity contribution is 0.102. The maximum absolute atomic E-state index is 12.4. The molecule has 0 radical (unpaired) electrons. The van der Waals surface area contributed by atoms with E-state index in [-0.39, 0.29) is 5.91 Å². The van der Waals surface area contributed by atoms with Crippen molar-refractivity contribution in [2.24, 2.45) is 5.92 Å². The highest BCUT2D eigenvalue weighted by atomic mass is 16.5. The first kappa shape index (κ1) is 16.1. The average molecular weight is 297 g/mol. The molecule has 0 aromatic heterocycles. The third-order valence-electron chi connectivity index (χ3n) is 3.33. The van der Waals surface area contributed by atoms with Crippen LogP contribution in [0.3, 0.4) is 0 Å². The summed E-state index contributed by atoms with van der Waals surface area (Å²) in [5.41, 5.74) is 2.60. The van der Waals surface area contributed by atoms with Crippen LogP contribution in [0.15, 0.2) is 48.5 Å². The van der Waals surface area contributed by atoms with Gasteiger partial charge >= 0.3 is 0 Å². The van der Waals surface area contributed by atoms with E-state index in [2.05, 4.69) is 26.1 Å². The third kappa shape index (κ3) is 4.35. The number of rotatable bonds is 6. The number of para-hydroxylation sites is 1. The van der Waals surface area contributed by atoms with Crippen molar-refractivity contribution >= 4 is 11.6 Å². The Bertz CT molecular complexity index is 635. The van der Waals surface area contributed by atoms with Gasteiger partial charge in [0.15, 0.2) is 0 Å². The zero-order chi connectivity index (χ0) is 15.9. The van der Waals surface area contributed by atoms with Crippen LogP contribution in [0.4, 0.5) is 5.69 Å². The van der Waals surface area contributed by atoms with Gasteiger partial charge in [0.05, 0.1) is 6.61 Å². The predicted molar refractivity (Wildman–Crippen MR) is 90.5 cm³/mol. The second-order valence-corrected chi connectivity index (χ2v) is 5.70. The second-order valence-electron chi connectivity index (χ2n) is 5.70. The number of nitrogens with one attached hydrogen (secondary N) is 1. The number of benzene rings is 2. The fraction of sp³-hybridized carbons (Fsp3) is 0.316. The van der Waals surface area contributed by atoms with Gasteiger partial charge in [0, 0.05) is 11.3 Å². The lowest BCUT2D eigenvalue weighted by Crippen LogP contribution is -2.13. The van der Waals surface area contributed by atoms with Gasteiger partial charge in [-0.25, -0.2) is 0 Å². The van der Waals surface area contributed by atoms with Gasteiger partial charge in [-0.1, -0.05) is 45.0 Å². The van der Waals surface area contributed by atoms with Gasteiger partial charge < -0.3 is 10.1 Å². The smallest absolute Gasteiger partial charge is 0.255 e. The second kappa shape index (κ2) is 7.64. The van der Waals surface area contributed by atoms with Crippen LogP contribution in [-0.4, -0.2) is 12.5 Å². The molecule has 0 saturated carbocycles. The SMILES string of the molecule is CCc1ccccc1NC(=O)c1cccc(OCC(C)C)c1. The lowest BCUT2D eigenvalue weighted by atomic mass is 10.1. The summed E-state index contributed by atoms with van der Waals surface area (Å²) < 4.78 is 5.67. The number of anilines is 1. The molecule has 0 fully saturated rings. The minimum Gasteiger partial charge on any atom is -0.493 e. The molecule has 0 aliphatic carbocycles. The van der Waals surface area contributed by atoms with Crippen molar-refractivity contribution in [3.05, 3.63) is 59.7 Å². The first-order chi connectivity index (χ1) is 10.6. The van der Waals surface area contributed by atoms with Crippen LogP contribution in [-0.2, 0) is 6.42 Å². The summed E-state index contributed by atoms with van der Waals surface area (Å²) in [7, 11) is 0. The van der Waals surface area contributed by atoms with Gasteiger partial charge in [-0.15, -0.1) is 0 Å². The molecule has 116 valence electrons. The largest absolute Gasteiger partial charge is 0.493 e. The number of amides is 1. The molecule has 1 amide bonds. The molecule has 2 aromatic carbocycles. The van der Waals surface area contributed by atoms with E-state index in [0.717, 1.165) is 23.4 Å². The van der Waals surface area contributed by atoms with Crippen molar-refractivity contribution in [2.45, 2.75) is 27.2 Å². The molecule has 0 aliphatic heterocycles. The van der Waals surface area contributed by atoms with Crippen molar-refractivity contribution in [3.8, 4) is 5.75 Å². The van der Waals surface area contributed by atoms with Crippen LogP contribution >= 0.6 is 0 Å². The van der Waals surface area contributed by atoms with E-state index in [1.807, 2.05) is 36.4 Å². The molecule has 2 aromatic rings. The lowest BCUT2D eigenvalue weighted by Gasteiger charge is -2.12. The van der Waals surface area contributed by atoms with Crippen LogP contribution in [0.2, 0.25) is 0 Å². The van der Waals surface area contributed by atoms with E-state index in [4.69, 9.17) is 4.74 Å². The highest BCUT2D eigenvalue weighted by Crippen LogP contribution is 2.19. The molecule has 22 heavy (non-hydrogen) atoms. The van der Waals surface area contributed by atoms with Crippen LogP contribution < -0.4 is 10.1 Å². The zero-order valence-corrected chi connectivity index (χ0v) is 13.4. The van der Waals surface area contributed by atoms with Gasteiger partial charge in [-0.2, -0.15) is 0 Å². The molecule has 0 spiro atoms. The maximum Gasteiger partial charge on any atom is 0.255 e. The Morgan fingerprint density at radius 3 is 2.64 bits per heavy atom. The Balaban J connectivity index is 2.11. The monoisotopic (exact) mass is 297 g/mol. The fourth-order valence-corrected chi connectivity index (χ4v) is 2.14. The summed E-state index contributed by atoms with van der Waals surface area (Å²) in [6.07, 6.45) is 0.883. The molecule has 1 N–H and O–H groups in total. The first-order valence-corrected chi connectivity index (χ1v) is 7.72. The number of carbonyl (C=O) groups is 1. The van der Waals surface area contributed by atoms with Gasteiger partial charge in [-0.3, -0.25) is 4.79 Å². The highest BCUT2D eigenvalue weighted by molar-refractivity contribution is 6.04. The average Bonchev–Trinajstić information content (AvgIpc) is 2.53. The molecule has 2 rings (SSSR count). The molecule has 0 aliphatic rings. The molecule has 0 saturated heterocycles. The summed E-state index contributed by atoms with van der Waals surface area (Å²) in [5.74, 6) is 1.06. The van der Waals surface area contributed by atoms with Gasteiger partial charge in [0.2, 0.25) is 0 Å². The van der Waals surface area contributed by atoms with Gasteiger partial charge in [-0.05, 0) is 42.2 Å². The Morgan fingerprint density at radius 2 is 1.91 bits per heavy atom. The van der Waals surface area contributed by atoms with Crippen molar-refractivity contribution in [3.63, 3.8) is 0 Å². The molecule has 0 atom stereocenters. The third-order valence-corrected chi connectivity index (χ3v) is 3.33. The van der Waals surface area contributed by atoms with E-state index in [0.29, 0.717) is 18.1 Å². The van der Waals surface area contributed by atoms with Crippen LogP contribution in [0.5, 0.6) is 5.75 Å². The van der Waals surface area contributed by atoms with E-state index in [1.54, 1.807) is 12.1 Å². The fourth-order valence-electron chi connectivity index (χ4n) is 2.14. The summed E-state index contributed by atoms with van der Waals surface area (Å²) >= 11 is 0. The molecule has 0 unspecified atom stereocenters. The molecule has 3 nitrogen and oxygen atoms in total. The molecular weight excluding hydrogens is 274 g/mol.